The van der Waals surface area contributed by atoms with Crippen molar-refractivity contribution in [2.75, 3.05) is 25.2 Å². The molecule has 1 heterocycles. The van der Waals surface area contributed by atoms with Crippen LogP contribution in [-0.2, 0) is 5.41 Å². The molecule has 1 aliphatic carbocycles. The molecule has 0 bridgehead atoms. The van der Waals surface area contributed by atoms with Gasteiger partial charge in [-0.2, -0.15) is 11.8 Å². The number of benzene rings is 1. The molecule has 1 atom stereocenters. The summed E-state index contributed by atoms with van der Waals surface area (Å²) >= 11 is 1.98. The Bertz CT molecular complexity index is 468. The maximum Gasteiger partial charge on any atom is 0.164 e. The Hall–Kier alpha value is -0.870. The molecule has 0 radical (unpaired) electrons. The maximum absolute atomic E-state index is 6.20. The van der Waals surface area contributed by atoms with Crippen molar-refractivity contribution in [3.05, 3.63) is 23.8 Å². The van der Waals surface area contributed by atoms with E-state index >= 15 is 0 Å². The molecular weight excluding hydrogens is 270 g/mol. The molecule has 3 nitrogen and oxygen atoms in total. The molecule has 3 rings (SSSR count). The molecule has 0 spiro atoms. The number of nitrogens with two attached hydrogens (primary N) is 1. The molecule has 20 heavy (non-hydrogen) atoms. The molecule has 2 aliphatic rings. The van der Waals surface area contributed by atoms with Gasteiger partial charge in [0, 0.05) is 23.3 Å². The molecule has 2 fully saturated rings. The summed E-state index contributed by atoms with van der Waals surface area (Å²) in [5.74, 6) is 4.12. The minimum Gasteiger partial charge on any atom is -0.493 e. The lowest BCUT2D eigenvalue weighted by Gasteiger charge is -2.25. The highest BCUT2D eigenvalue weighted by Gasteiger charge is 2.45. The monoisotopic (exact) mass is 293 g/mol. The summed E-state index contributed by atoms with van der Waals surface area (Å²) in [5.41, 5.74) is 7.32. The first-order valence-corrected chi connectivity index (χ1v) is 8.56. The standard InChI is InChI=1S/C16H23NO2S/c1-18-15-13(16(11-17)7-8-16)5-2-6-14(15)19-12-4-3-9-20-10-12/h2,5-6,12H,3-4,7-11,17H2,1H3. The Morgan fingerprint density at radius 3 is 2.85 bits per heavy atom. The molecule has 0 aromatic heterocycles. The van der Waals surface area contributed by atoms with Gasteiger partial charge in [-0.05, 0) is 37.5 Å². The Labute approximate surface area is 125 Å². The Morgan fingerprint density at radius 1 is 1.40 bits per heavy atom. The van der Waals surface area contributed by atoms with Gasteiger partial charge in [0.2, 0.25) is 0 Å². The highest BCUT2D eigenvalue weighted by Crippen LogP contribution is 2.52. The predicted octanol–water partition coefficient (Wildman–Crippen LogP) is 2.96. The van der Waals surface area contributed by atoms with E-state index in [2.05, 4.69) is 12.1 Å². The van der Waals surface area contributed by atoms with Crippen LogP contribution in [0.5, 0.6) is 11.5 Å². The number of hydrogen-bond donors (Lipinski definition) is 1. The SMILES string of the molecule is COc1c(OC2CCCSC2)cccc1C1(CN)CC1. The van der Waals surface area contributed by atoms with E-state index in [-0.39, 0.29) is 5.41 Å². The van der Waals surface area contributed by atoms with Crippen LogP contribution in [0.4, 0.5) is 0 Å². The average Bonchev–Trinajstić information content (AvgIpc) is 3.29. The van der Waals surface area contributed by atoms with E-state index in [4.69, 9.17) is 15.2 Å². The highest BCUT2D eigenvalue weighted by molar-refractivity contribution is 7.99. The van der Waals surface area contributed by atoms with E-state index in [0.717, 1.165) is 36.5 Å². The lowest BCUT2D eigenvalue weighted by Crippen LogP contribution is -2.24. The first-order chi connectivity index (χ1) is 9.79. The van der Waals surface area contributed by atoms with Gasteiger partial charge in [0.05, 0.1) is 7.11 Å². The maximum atomic E-state index is 6.20. The van der Waals surface area contributed by atoms with E-state index < -0.39 is 0 Å². The Morgan fingerprint density at radius 2 is 2.25 bits per heavy atom. The van der Waals surface area contributed by atoms with Gasteiger partial charge in [-0.1, -0.05) is 12.1 Å². The second-order valence-corrected chi connectivity index (χ2v) is 6.93. The summed E-state index contributed by atoms with van der Waals surface area (Å²) < 4.78 is 11.9. The van der Waals surface area contributed by atoms with Crippen molar-refractivity contribution in [2.24, 2.45) is 5.73 Å². The van der Waals surface area contributed by atoms with E-state index in [9.17, 15) is 0 Å². The van der Waals surface area contributed by atoms with E-state index in [0.29, 0.717) is 12.6 Å². The smallest absolute Gasteiger partial charge is 0.164 e. The van der Waals surface area contributed by atoms with Crippen molar-refractivity contribution in [3.63, 3.8) is 0 Å². The Kier molecular flexibility index (Phi) is 4.13. The molecule has 1 aromatic carbocycles. The molecule has 1 unspecified atom stereocenters. The first kappa shape index (κ1) is 14.1. The van der Waals surface area contributed by atoms with Crippen LogP contribution in [-0.4, -0.2) is 31.3 Å². The number of methoxy groups -OCH3 is 1. The van der Waals surface area contributed by atoms with E-state index in [1.807, 2.05) is 17.8 Å². The van der Waals surface area contributed by atoms with Crippen LogP contribution >= 0.6 is 11.8 Å². The molecule has 2 N–H and O–H groups in total. The summed E-state index contributed by atoms with van der Waals surface area (Å²) in [6.45, 7) is 0.687. The second kappa shape index (κ2) is 5.86. The first-order valence-electron chi connectivity index (χ1n) is 7.41. The predicted molar refractivity (Wildman–Crippen MR) is 83.9 cm³/mol. The minimum atomic E-state index is 0.131. The summed E-state index contributed by atoms with van der Waals surface area (Å²) in [6, 6.07) is 6.23. The van der Waals surface area contributed by atoms with Gasteiger partial charge in [0.25, 0.3) is 0 Å². The van der Waals surface area contributed by atoms with Gasteiger partial charge in [-0.3, -0.25) is 0 Å². The van der Waals surface area contributed by atoms with Crippen LogP contribution in [0, 0.1) is 0 Å². The third-order valence-corrected chi connectivity index (χ3v) is 5.60. The summed E-state index contributed by atoms with van der Waals surface area (Å²) in [7, 11) is 1.73. The second-order valence-electron chi connectivity index (χ2n) is 5.78. The van der Waals surface area contributed by atoms with Crippen LogP contribution in [0.25, 0.3) is 0 Å². The molecule has 1 saturated carbocycles. The summed E-state index contributed by atoms with van der Waals surface area (Å²) in [5, 5.41) is 0. The van der Waals surface area contributed by atoms with Crippen LogP contribution < -0.4 is 15.2 Å². The van der Waals surface area contributed by atoms with Crippen molar-refractivity contribution in [1.29, 1.82) is 0 Å². The van der Waals surface area contributed by atoms with Crippen molar-refractivity contribution in [3.8, 4) is 11.5 Å². The fourth-order valence-electron chi connectivity index (χ4n) is 2.95. The molecule has 0 amide bonds. The number of thioether (sulfide) groups is 1. The zero-order chi connectivity index (χ0) is 14.0. The normalized spacial score (nSPS) is 24.2. The quantitative estimate of drug-likeness (QED) is 0.906. The molecule has 110 valence electrons. The van der Waals surface area contributed by atoms with Crippen LogP contribution in [0.1, 0.15) is 31.2 Å². The largest absolute Gasteiger partial charge is 0.493 e. The molecule has 1 aromatic rings. The lowest BCUT2D eigenvalue weighted by atomic mass is 9.95. The molecule has 4 heteroatoms. The third kappa shape index (κ3) is 2.63. The van der Waals surface area contributed by atoms with Gasteiger partial charge < -0.3 is 15.2 Å². The van der Waals surface area contributed by atoms with Crippen molar-refractivity contribution < 1.29 is 9.47 Å². The van der Waals surface area contributed by atoms with Crippen molar-refractivity contribution >= 4 is 11.8 Å². The Balaban J connectivity index is 1.85. The van der Waals surface area contributed by atoms with Gasteiger partial charge in [-0.25, -0.2) is 0 Å². The number of ether oxygens (including phenoxy) is 2. The molecular formula is C16H23NO2S. The average molecular weight is 293 g/mol. The summed E-state index contributed by atoms with van der Waals surface area (Å²) in [4.78, 5) is 0. The van der Waals surface area contributed by atoms with E-state index in [1.54, 1.807) is 7.11 Å². The fourth-order valence-corrected chi connectivity index (χ4v) is 3.99. The fraction of sp³-hybridized carbons (Fsp3) is 0.625. The molecule has 1 aliphatic heterocycles. The zero-order valence-electron chi connectivity index (χ0n) is 12.1. The van der Waals surface area contributed by atoms with Crippen LogP contribution in [0.15, 0.2) is 18.2 Å². The third-order valence-electron chi connectivity index (χ3n) is 4.41. The van der Waals surface area contributed by atoms with Crippen molar-refractivity contribution in [2.45, 2.75) is 37.2 Å². The topological polar surface area (TPSA) is 44.5 Å². The number of hydrogen-bond acceptors (Lipinski definition) is 4. The van der Waals surface area contributed by atoms with Crippen LogP contribution in [0.2, 0.25) is 0 Å². The van der Waals surface area contributed by atoms with Crippen LogP contribution in [0.3, 0.4) is 0 Å². The van der Waals surface area contributed by atoms with Crippen molar-refractivity contribution in [1.82, 2.24) is 0 Å². The number of para-hydroxylation sites is 1. The van der Waals surface area contributed by atoms with Gasteiger partial charge >= 0.3 is 0 Å². The zero-order valence-corrected chi connectivity index (χ0v) is 12.9. The van der Waals surface area contributed by atoms with Gasteiger partial charge in [-0.15, -0.1) is 0 Å². The van der Waals surface area contributed by atoms with Gasteiger partial charge in [0.1, 0.15) is 6.10 Å². The van der Waals surface area contributed by atoms with E-state index in [1.165, 1.54) is 17.7 Å². The highest BCUT2D eigenvalue weighted by atomic mass is 32.2. The van der Waals surface area contributed by atoms with Gasteiger partial charge in [0.15, 0.2) is 11.5 Å². The number of rotatable bonds is 5. The molecule has 1 saturated heterocycles. The summed E-state index contributed by atoms with van der Waals surface area (Å²) in [6.07, 6.45) is 5.00. The minimum absolute atomic E-state index is 0.131. The lowest BCUT2D eigenvalue weighted by molar-refractivity contribution is 0.201.